The molecule has 0 aliphatic rings. The largest absolute Gasteiger partial charge is 0.368 e. The third kappa shape index (κ3) is 4.12. The van der Waals surface area contributed by atoms with Crippen LogP contribution in [0.2, 0.25) is 5.28 Å². The van der Waals surface area contributed by atoms with Gasteiger partial charge < -0.3 is 10.6 Å². The molecule has 0 aromatic carbocycles. The fourth-order valence-electron chi connectivity index (χ4n) is 1.02. The minimum absolute atomic E-state index is 0.0470. The first-order valence-corrected chi connectivity index (χ1v) is 4.95. The lowest BCUT2D eigenvalue weighted by Gasteiger charge is -2.08. The van der Waals surface area contributed by atoms with Crippen molar-refractivity contribution in [3.63, 3.8) is 0 Å². The monoisotopic (exact) mass is 228 g/mol. The molecule has 5 nitrogen and oxygen atoms in total. The number of rotatable bonds is 4. The average molecular weight is 229 g/mol. The normalized spacial score (nSPS) is 9.80. The summed E-state index contributed by atoms with van der Waals surface area (Å²) in [5.41, 5.74) is 0.919. The number of aromatic nitrogens is 2. The van der Waals surface area contributed by atoms with Crippen LogP contribution in [0.4, 0.5) is 5.82 Å². The molecule has 0 aliphatic carbocycles. The van der Waals surface area contributed by atoms with Gasteiger partial charge in [0.2, 0.25) is 11.2 Å². The van der Waals surface area contributed by atoms with Crippen LogP contribution in [0.25, 0.3) is 0 Å². The highest BCUT2D eigenvalue weighted by atomic mass is 35.5. The summed E-state index contributed by atoms with van der Waals surface area (Å²) in [5, 5.41) is 5.94. The van der Waals surface area contributed by atoms with Crippen molar-refractivity contribution in [1.82, 2.24) is 15.3 Å². The van der Waals surface area contributed by atoms with Crippen molar-refractivity contribution in [2.45, 2.75) is 13.8 Å². The van der Waals surface area contributed by atoms with Crippen molar-refractivity contribution < 1.29 is 4.79 Å². The van der Waals surface area contributed by atoms with Gasteiger partial charge in [0.15, 0.2) is 0 Å². The van der Waals surface area contributed by atoms with Gasteiger partial charge in [-0.25, -0.2) is 9.97 Å². The Morgan fingerprint density at radius 1 is 1.53 bits per heavy atom. The zero-order valence-electron chi connectivity index (χ0n) is 8.67. The van der Waals surface area contributed by atoms with E-state index in [9.17, 15) is 4.79 Å². The first-order valence-electron chi connectivity index (χ1n) is 4.57. The summed E-state index contributed by atoms with van der Waals surface area (Å²) < 4.78 is 0. The second kappa shape index (κ2) is 5.50. The molecule has 1 amide bonds. The van der Waals surface area contributed by atoms with Crippen molar-refractivity contribution in [2.75, 3.05) is 18.4 Å². The second-order valence-corrected chi connectivity index (χ2v) is 3.42. The van der Waals surface area contributed by atoms with Gasteiger partial charge in [-0.05, 0) is 18.5 Å². The highest BCUT2D eigenvalue weighted by Crippen LogP contribution is 2.11. The molecule has 0 fully saturated rings. The van der Waals surface area contributed by atoms with E-state index in [1.165, 1.54) is 6.92 Å². The van der Waals surface area contributed by atoms with E-state index in [2.05, 4.69) is 20.6 Å². The van der Waals surface area contributed by atoms with E-state index in [-0.39, 0.29) is 11.2 Å². The number of hydrogen-bond acceptors (Lipinski definition) is 4. The molecule has 1 aromatic rings. The summed E-state index contributed by atoms with van der Waals surface area (Å²) in [6.07, 6.45) is 1.65. The molecule has 6 heteroatoms. The predicted molar refractivity (Wildman–Crippen MR) is 59.0 cm³/mol. The van der Waals surface area contributed by atoms with Crippen LogP contribution in [0, 0.1) is 6.92 Å². The van der Waals surface area contributed by atoms with Crippen LogP contribution < -0.4 is 10.6 Å². The maximum atomic E-state index is 10.6. The smallest absolute Gasteiger partial charge is 0.224 e. The van der Waals surface area contributed by atoms with Crippen LogP contribution >= 0.6 is 11.6 Å². The average Bonchev–Trinajstić information content (AvgIpc) is 2.17. The van der Waals surface area contributed by atoms with Crippen LogP contribution in [-0.2, 0) is 4.79 Å². The number of carbonyl (C=O) groups excluding carboxylic acids is 1. The van der Waals surface area contributed by atoms with Crippen LogP contribution in [0.3, 0.4) is 0 Å². The second-order valence-electron chi connectivity index (χ2n) is 3.08. The van der Waals surface area contributed by atoms with Gasteiger partial charge in [-0.1, -0.05) is 0 Å². The minimum Gasteiger partial charge on any atom is -0.368 e. The van der Waals surface area contributed by atoms with Gasteiger partial charge in [0.25, 0.3) is 0 Å². The minimum atomic E-state index is -0.0470. The number of anilines is 1. The van der Waals surface area contributed by atoms with Gasteiger partial charge in [0.1, 0.15) is 5.82 Å². The molecule has 2 N–H and O–H groups in total. The zero-order valence-corrected chi connectivity index (χ0v) is 9.43. The molecule has 0 saturated carbocycles. The lowest BCUT2D eigenvalue weighted by molar-refractivity contribution is -0.118. The predicted octanol–water partition coefficient (Wildman–Crippen LogP) is 0.986. The topological polar surface area (TPSA) is 66.9 Å². The van der Waals surface area contributed by atoms with Crippen LogP contribution in [0.1, 0.15) is 12.5 Å². The summed E-state index contributed by atoms with van der Waals surface area (Å²) in [6.45, 7) is 4.52. The van der Waals surface area contributed by atoms with Crippen molar-refractivity contribution in [1.29, 1.82) is 0 Å². The number of amides is 1. The van der Waals surface area contributed by atoms with Gasteiger partial charge in [0, 0.05) is 31.8 Å². The fraction of sp³-hybridized carbons (Fsp3) is 0.444. The Labute approximate surface area is 93.3 Å². The SMILES string of the molecule is CC(=O)NCCNc1nc(Cl)ncc1C. The van der Waals surface area contributed by atoms with Crippen molar-refractivity contribution in [3.05, 3.63) is 17.0 Å². The van der Waals surface area contributed by atoms with E-state index < -0.39 is 0 Å². The van der Waals surface area contributed by atoms with Crippen LogP contribution in [-0.4, -0.2) is 29.0 Å². The van der Waals surface area contributed by atoms with E-state index in [0.29, 0.717) is 18.9 Å². The molecule has 1 heterocycles. The molecule has 1 rings (SSSR count). The van der Waals surface area contributed by atoms with E-state index in [0.717, 1.165) is 5.56 Å². The van der Waals surface area contributed by atoms with Gasteiger partial charge in [0.05, 0.1) is 0 Å². The summed E-state index contributed by atoms with van der Waals surface area (Å²) in [5.74, 6) is 0.648. The Morgan fingerprint density at radius 2 is 2.27 bits per heavy atom. The number of nitrogens with zero attached hydrogens (tertiary/aromatic N) is 2. The standard InChI is InChI=1S/C9H13ClN4O/c1-6-5-13-9(10)14-8(6)12-4-3-11-7(2)15/h5H,3-4H2,1-2H3,(H,11,15)(H,12,13,14). The lowest BCUT2D eigenvalue weighted by Crippen LogP contribution is -2.26. The van der Waals surface area contributed by atoms with Crippen LogP contribution in [0.15, 0.2) is 6.20 Å². The maximum Gasteiger partial charge on any atom is 0.224 e. The molecule has 0 aliphatic heterocycles. The highest BCUT2D eigenvalue weighted by Gasteiger charge is 2.01. The van der Waals surface area contributed by atoms with Crippen molar-refractivity contribution in [2.24, 2.45) is 0 Å². The molecule has 0 saturated heterocycles. The van der Waals surface area contributed by atoms with E-state index >= 15 is 0 Å². The number of carbonyl (C=O) groups is 1. The van der Waals surface area contributed by atoms with Crippen molar-refractivity contribution in [3.8, 4) is 0 Å². The van der Waals surface area contributed by atoms with Gasteiger partial charge in [-0.2, -0.15) is 0 Å². The van der Waals surface area contributed by atoms with Gasteiger partial charge >= 0.3 is 0 Å². The van der Waals surface area contributed by atoms with Gasteiger partial charge in [-0.3, -0.25) is 4.79 Å². The number of hydrogen-bond donors (Lipinski definition) is 2. The Bertz CT molecular complexity index is 356. The summed E-state index contributed by atoms with van der Waals surface area (Å²) >= 11 is 5.65. The number of nitrogens with one attached hydrogen (secondary N) is 2. The van der Waals surface area contributed by atoms with E-state index in [1.54, 1.807) is 6.20 Å². The molecule has 0 spiro atoms. The van der Waals surface area contributed by atoms with Gasteiger partial charge in [-0.15, -0.1) is 0 Å². The van der Waals surface area contributed by atoms with Crippen LogP contribution in [0.5, 0.6) is 0 Å². The maximum absolute atomic E-state index is 10.6. The Kier molecular flexibility index (Phi) is 4.30. The summed E-state index contributed by atoms with van der Waals surface area (Å²) in [7, 11) is 0. The number of halogens is 1. The fourth-order valence-corrected chi connectivity index (χ4v) is 1.15. The molecule has 1 aromatic heterocycles. The van der Waals surface area contributed by atoms with Crippen molar-refractivity contribution >= 4 is 23.3 Å². The molecular formula is C9H13ClN4O. The summed E-state index contributed by atoms with van der Waals surface area (Å²) in [6, 6.07) is 0. The molecule has 0 bridgehead atoms. The Balaban J connectivity index is 2.43. The molecule has 0 unspecified atom stereocenters. The Hall–Kier alpha value is -1.36. The summed E-state index contributed by atoms with van der Waals surface area (Å²) in [4.78, 5) is 18.5. The first kappa shape index (κ1) is 11.7. The lowest BCUT2D eigenvalue weighted by atomic mass is 10.3. The zero-order chi connectivity index (χ0) is 11.3. The molecular weight excluding hydrogens is 216 g/mol. The Morgan fingerprint density at radius 3 is 2.93 bits per heavy atom. The highest BCUT2D eigenvalue weighted by molar-refractivity contribution is 6.28. The van der Waals surface area contributed by atoms with E-state index in [4.69, 9.17) is 11.6 Å². The first-order chi connectivity index (χ1) is 7.09. The molecule has 82 valence electrons. The molecule has 0 atom stereocenters. The van der Waals surface area contributed by atoms with E-state index in [1.807, 2.05) is 6.92 Å². The quantitative estimate of drug-likeness (QED) is 0.596. The molecule has 0 radical (unpaired) electrons. The third-order valence-corrected chi connectivity index (χ3v) is 1.92. The third-order valence-electron chi connectivity index (χ3n) is 1.73. The number of aryl methyl sites for hydroxylation is 1. The molecule has 15 heavy (non-hydrogen) atoms.